The molecule has 13 heavy (non-hydrogen) atoms. The highest BCUT2D eigenvalue weighted by Crippen LogP contribution is 2.47. The second-order valence-electron chi connectivity index (χ2n) is 3.71. The molecule has 2 rings (SSSR count). The molecule has 1 aliphatic heterocycles. The molecule has 2 unspecified atom stereocenters. The molecule has 1 saturated carbocycles. The van der Waals surface area contributed by atoms with E-state index in [1.165, 1.54) is 11.9 Å². The van der Waals surface area contributed by atoms with Crippen molar-refractivity contribution in [3.05, 3.63) is 0 Å². The number of hydrogen-bond donors (Lipinski definition) is 2. The highest BCUT2D eigenvalue weighted by atomic mass is 32.2. The van der Waals surface area contributed by atoms with Crippen molar-refractivity contribution < 1.29 is 9.90 Å². The monoisotopic (exact) mass is 200 g/mol. The first-order valence-electron chi connectivity index (χ1n) is 4.30. The van der Waals surface area contributed by atoms with Crippen LogP contribution in [0.4, 0.5) is 0 Å². The molecule has 4 nitrogen and oxygen atoms in total. The Labute approximate surface area is 80.7 Å². The average molecular weight is 200 g/mol. The highest BCUT2D eigenvalue weighted by molar-refractivity contribution is 7.99. The number of carbonyl (C=O) groups is 1. The van der Waals surface area contributed by atoms with Gasteiger partial charge in [0.05, 0.1) is 11.0 Å². The van der Waals surface area contributed by atoms with Crippen LogP contribution in [0.15, 0.2) is 4.40 Å². The first-order valence-corrected chi connectivity index (χ1v) is 5.13. The van der Waals surface area contributed by atoms with Gasteiger partial charge in [0.15, 0.2) is 5.54 Å². The van der Waals surface area contributed by atoms with Crippen molar-refractivity contribution in [3.63, 3.8) is 0 Å². The molecule has 0 bridgehead atoms. The number of hydrogen-bond acceptors (Lipinski definition) is 4. The third-order valence-electron chi connectivity index (χ3n) is 2.75. The lowest BCUT2D eigenvalue weighted by molar-refractivity contribution is -0.140. The Balaban J connectivity index is 2.28. The number of rotatable bonds is 2. The van der Waals surface area contributed by atoms with Gasteiger partial charge in [-0.05, 0) is 37.6 Å². The molecule has 5 heteroatoms. The van der Waals surface area contributed by atoms with E-state index in [2.05, 4.69) is 4.40 Å². The van der Waals surface area contributed by atoms with Crippen molar-refractivity contribution in [1.29, 1.82) is 0 Å². The number of nitrogens with two attached hydrogens (primary N) is 1. The highest BCUT2D eigenvalue weighted by Gasteiger charge is 2.55. The van der Waals surface area contributed by atoms with E-state index in [4.69, 9.17) is 10.8 Å². The normalized spacial score (nSPS) is 38.9. The third-order valence-corrected chi connectivity index (χ3v) is 4.12. The second kappa shape index (κ2) is 2.72. The van der Waals surface area contributed by atoms with Gasteiger partial charge in [-0.2, -0.15) is 0 Å². The quantitative estimate of drug-likeness (QED) is 0.642. The molecule has 0 radical (unpaired) electrons. The molecule has 0 aromatic carbocycles. The number of carboxylic acid groups (broad SMARTS) is 1. The lowest BCUT2D eigenvalue weighted by Crippen LogP contribution is -2.59. The van der Waals surface area contributed by atoms with Gasteiger partial charge in [-0.25, -0.2) is 9.19 Å². The zero-order valence-corrected chi connectivity index (χ0v) is 8.17. The van der Waals surface area contributed by atoms with Gasteiger partial charge in [-0.15, -0.1) is 0 Å². The minimum atomic E-state index is -1.22. The van der Waals surface area contributed by atoms with E-state index in [0.717, 1.165) is 12.8 Å². The molecular weight excluding hydrogens is 188 g/mol. The van der Waals surface area contributed by atoms with Gasteiger partial charge < -0.3 is 10.8 Å². The molecule has 2 atom stereocenters. The summed E-state index contributed by atoms with van der Waals surface area (Å²) in [6.07, 6.45) is 2.18. The summed E-state index contributed by atoms with van der Waals surface area (Å²) < 4.78 is 4.08. The van der Waals surface area contributed by atoms with E-state index in [1.807, 2.05) is 0 Å². The number of carboxylic acids is 1. The second-order valence-corrected chi connectivity index (χ2v) is 4.62. The summed E-state index contributed by atoms with van der Waals surface area (Å²) >= 11 is 1.34. The molecule has 0 spiro atoms. The van der Waals surface area contributed by atoms with Crippen molar-refractivity contribution in [1.82, 2.24) is 0 Å². The van der Waals surface area contributed by atoms with E-state index in [9.17, 15) is 4.79 Å². The van der Waals surface area contributed by atoms with Crippen molar-refractivity contribution in [3.8, 4) is 0 Å². The summed E-state index contributed by atoms with van der Waals surface area (Å²) in [6.45, 7) is 1.70. The Morgan fingerprint density at radius 3 is 2.85 bits per heavy atom. The lowest BCUT2D eigenvalue weighted by atomic mass is 9.88. The van der Waals surface area contributed by atoms with Crippen LogP contribution in [-0.4, -0.2) is 27.6 Å². The molecule has 1 aliphatic carbocycles. The molecule has 0 amide bonds. The van der Waals surface area contributed by atoms with Gasteiger partial charge >= 0.3 is 5.97 Å². The fraction of sp³-hybridized carbons (Fsp3) is 0.750. The van der Waals surface area contributed by atoms with Gasteiger partial charge in [0.1, 0.15) is 0 Å². The molecule has 0 aromatic rings. The summed E-state index contributed by atoms with van der Waals surface area (Å²) in [5.74, 6) is -0.497. The molecule has 1 heterocycles. The van der Waals surface area contributed by atoms with Gasteiger partial charge in [0.25, 0.3) is 0 Å². The minimum absolute atomic E-state index is 0.0509. The molecule has 1 fully saturated rings. The smallest absolute Gasteiger partial charge is 0.330 e. The molecule has 72 valence electrons. The Kier molecular flexibility index (Phi) is 1.89. The van der Waals surface area contributed by atoms with Gasteiger partial charge in [-0.3, -0.25) is 0 Å². The summed E-state index contributed by atoms with van der Waals surface area (Å²) in [5.41, 5.74) is 5.21. The van der Waals surface area contributed by atoms with Gasteiger partial charge in [-0.1, -0.05) is 0 Å². The SMILES string of the molecule is CC1=NSC(C2CC2)C1(N)C(=O)O. The van der Waals surface area contributed by atoms with Crippen molar-refractivity contribution in [2.24, 2.45) is 16.0 Å². The predicted molar refractivity (Wildman–Crippen MR) is 51.8 cm³/mol. The number of nitrogens with zero attached hydrogens (tertiary/aromatic N) is 1. The maximum absolute atomic E-state index is 11.1. The van der Waals surface area contributed by atoms with Crippen LogP contribution >= 0.6 is 11.9 Å². The van der Waals surface area contributed by atoms with E-state index in [-0.39, 0.29) is 5.25 Å². The third kappa shape index (κ3) is 1.18. The predicted octanol–water partition coefficient (Wildman–Crippen LogP) is 0.670. The lowest BCUT2D eigenvalue weighted by Gasteiger charge is -2.25. The van der Waals surface area contributed by atoms with E-state index < -0.39 is 11.5 Å². The Morgan fingerprint density at radius 2 is 2.38 bits per heavy atom. The van der Waals surface area contributed by atoms with Crippen LogP contribution < -0.4 is 5.73 Å². The first kappa shape index (κ1) is 9.02. The molecule has 2 aliphatic rings. The van der Waals surface area contributed by atoms with Crippen molar-refractivity contribution in [2.45, 2.75) is 30.6 Å². The van der Waals surface area contributed by atoms with Crippen molar-refractivity contribution >= 4 is 23.6 Å². The summed E-state index contributed by atoms with van der Waals surface area (Å²) in [5, 5.41) is 9.02. The van der Waals surface area contributed by atoms with Gasteiger partial charge in [0, 0.05) is 0 Å². The van der Waals surface area contributed by atoms with Crippen LogP contribution in [0.1, 0.15) is 19.8 Å². The molecule has 0 saturated heterocycles. The first-order chi connectivity index (χ1) is 6.06. The largest absolute Gasteiger partial charge is 0.480 e. The van der Waals surface area contributed by atoms with E-state index in [0.29, 0.717) is 11.6 Å². The summed E-state index contributed by atoms with van der Waals surface area (Å²) in [6, 6.07) is 0. The average Bonchev–Trinajstić information content (AvgIpc) is 2.83. The van der Waals surface area contributed by atoms with E-state index in [1.54, 1.807) is 6.92 Å². The van der Waals surface area contributed by atoms with Crippen LogP contribution in [0.3, 0.4) is 0 Å². The number of aliphatic carboxylic acids is 1. The topological polar surface area (TPSA) is 75.7 Å². The molecule has 3 N–H and O–H groups in total. The van der Waals surface area contributed by atoms with Crippen LogP contribution in [0, 0.1) is 5.92 Å². The Bertz CT molecular complexity index is 288. The summed E-state index contributed by atoms with van der Waals surface area (Å²) in [4.78, 5) is 11.1. The van der Waals surface area contributed by atoms with Crippen LogP contribution in [0.5, 0.6) is 0 Å². The zero-order valence-electron chi connectivity index (χ0n) is 7.36. The summed E-state index contributed by atoms with van der Waals surface area (Å²) in [7, 11) is 0. The minimum Gasteiger partial charge on any atom is -0.480 e. The Hall–Kier alpha value is -0.550. The van der Waals surface area contributed by atoms with Gasteiger partial charge in [0.2, 0.25) is 0 Å². The fourth-order valence-electron chi connectivity index (χ4n) is 1.63. The fourth-order valence-corrected chi connectivity index (χ4v) is 2.94. The van der Waals surface area contributed by atoms with E-state index >= 15 is 0 Å². The Morgan fingerprint density at radius 1 is 1.77 bits per heavy atom. The standard InChI is InChI=1S/C8H12N2O2S/c1-4-8(9,7(11)12)6(13-10-4)5-2-3-5/h5-6H,2-3,9H2,1H3,(H,11,12). The maximum atomic E-state index is 11.1. The van der Waals surface area contributed by atoms with Crippen molar-refractivity contribution in [2.75, 3.05) is 0 Å². The molecule has 0 aromatic heterocycles. The zero-order chi connectivity index (χ0) is 9.64. The van der Waals surface area contributed by atoms with Crippen LogP contribution in [0.2, 0.25) is 0 Å². The van der Waals surface area contributed by atoms with Crippen LogP contribution in [0.25, 0.3) is 0 Å². The molecular formula is C8H12N2O2S. The van der Waals surface area contributed by atoms with Crippen LogP contribution in [-0.2, 0) is 4.79 Å². The maximum Gasteiger partial charge on any atom is 0.330 e.